The SMILES string of the molecule is Cc1cn(CCC(=O)Nc2ccc(C34CC5CC(CC(C5)C3)C4)cc2)c(=O)[nH]c1=O. The fourth-order valence-electron chi connectivity index (χ4n) is 6.60. The van der Waals surface area contributed by atoms with Crippen LogP contribution >= 0.6 is 0 Å². The largest absolute Gasteiger partial charge is 0.328 e. The normalized spacial score (nSPS) is 29.2. The predicted octanol–water partition coefficient (Wildman–Crippen LogP) is 3.34. The van der Waals surface area contributed by atoms with E-state index in [-0.39, 0.29) is 24.4 Å². The van der Waals surface area contributed by atoms with Crippen molar-refractivity contribution < 1.29 is 4.79 Å². The van der Waals surface area contributed by atoms with Gasteiger partial charge in [0, 0.05) is 30.4 Å². The first-order valence-corrected chi connectivity index (χ1v) is 11.1. The maximum absolute atomic E-state index is 12.4. The maximum Gasteiger partial charge on any atom is 0.328 e. The molecule has 4 fully saturated rings. The third kappa shape index (κ3) is 3.53. The number of nitrogens with one attached hydrogen (secondary N) is 2. The Balaban J connectivity index is 1.22. The number of aromatic nitrogens is 2. The number of rotatable bonds is 5. The van der Waals surface area contributed by atoms with Gasteiger partial charge in [0.25, 0.3) is 5.56 Å². The molecule has 0 unspecified atom stereocenters. The molecule has 4 aliphatic carbocycles. The minimum Gasteiger partial charge on any atom is -0.326 e. The Morgan fingerprint density at radius 1 is 1.07 bits per heavy atom. The van der Waals surface area contributed by atoms with Crippen molar-refractivity contribution in [3.63, 3.8) is 0 Å². The first-order chi connectivity index (χ1) is 14.4. The van der Waals surface area contributed by atoms with E-state index in [2.05, 4.69) is 22.4 Å². The van der Waals surface area contributed by atoms with Crippen molar-refractivity contribution >= 4 is 11.6 Å². The van der Waals surface area contributed by atoms with Crippen LogP contribution in [0.1, 0.15) is 56.1 Å². The summed E-state index contributed by atoms with van der Waals surface area (Å²) in [6.07, 6.45) is 9.97. The number of hydrogen-bond donors (Lipinski definition) is 2. The Labute approximate surface area is 175 Å². The molecular formula is C24H29N3O3. The Kier molecular flexibility index (Phi) is 4.68. The summed E-state index contributed by atoms with van der Waals surface area (Å²) in [6, 6.07) is 8.45. The molecule has 0 atom stereocenters. The van der Waals surface area contributed by atoms with Gasteiger partial charge < -0.3 is 5.32 Å². The van der Waals surface area contributed by atoms with Gasteiger partial charge in [-0.25, -0.2) is 4.79 Å². The molecule has 6 rings (SSSR count). The van der Waals surface area contributed by atoms with Gasteiger partial charge in [-0.2, -0.15) is 0 Å². The van der Waals surface area contributed by atoms with E-state index < -0.39 is 5.69 Å². The van der Waals surface area contributed by atoms with Crippen LogP contribution in [-0.2, 0) is 16.8 Å². The molecule has 1 heterocycles. The summed E-state index contributed by atoms with van der Waals surface area (Å²) in [5.74, 6) is 2.59. The number of hydrogen-bond acceptors (Lipinski definition) is 3. The third-order valence-electron chi connectivity index (χ3n) is 7.59. The summed E-state index contributed by atoms with van der Waals surface area (Å²) in [5.41, 5.74) is 2.17. The van der Waals surface area contributed by atoms with Crippen LogP contribution in [0.4, 0.5) is 5.69 Å². The van der Waals surface area contributed by atoms with Crippen LogP contribution in [0, 0.1) is 24.7 Å². The van der Waals surface area contributed by atoms with Crippen molar-refractivity contribution in [2.45, 2.75) is 63.8 Å². The molecule has 4 bridgehead atoms. The zero-order valence-corrected chi connectivity index (χ0v) is 17.4. The quantitative estimate of drug-likeness (QED) is 0.797. The van der Waals surface area contributed by atoms with Crippen molar-refractivity contribution in [1.29, 1.82) is 0 Å². The highest BCUT2D eigenvalue weighted by atomic mass is 16.2. The fraction of sp³-hybridized carbons (Fsp3) is 0.542. The number of benzene rings is 1. The molecule has 6 heteroatoms. The average molecular weight is 408 g/mol. The van der Waals surface area contributed by atoms with E-state index >= 15 is 0 Å². The Bertz CT molecular complexity index is 1040. The highest BCUT2D eigenvalue weighted by Crippen LogP contribution is 2.60. The Morgan fingerprint density at radius 3 is 2.27 bits per heavy atom. The van der Waals surface area contributed by atoms with Crippen molar-refractivity contribution in [2.75, 3.05) is 5.32 Å². The molecule has 2 aromatic rings. The van der Waals surface area contributed by atoms with E-state index in [1.54, 1.807) is 6.92 Å². The maximum atomic E-state index is 12.4. The van der Waals surface area contributed by atoms with E-state index in [9.17, 15) is 14.4 Å². The number of nitrogens with zero attached hydrogens (tertiary/aromatic N) is 1. The van der Waals surface area contributed by atoms with E-state index in [1.807, 2.05) is 12.1 Å². The lowest BCUT2D eigenvalue weighted by molar-refractivity contribution is -0.116. The summed E-state index contributed by atoms with van der Waals surface area (Å²) in [4.78, 5) is 37.9. The molecule has 158 valence electrons. The molecule has 4 saturated carbocycles. The van der Waals surface area contributed by atoms with Gasteiger partial charge in [0.1, 0.15) is 0 Å². The van der Waals surface area contributed by atoms with E-state index in [4.69, 9.17) is 0 Å². The second kappa shape index (κ2) is 7.25. The van der Waals surface area contributed by atoms with Gasteiger partial charge in [-0.1, -0.05) is 12.1 Å². The first kappa shape index (κ1) is 19.3. The monoisotopic (exact) mass is 407 g/mol. The highest BCUT2D eigenvalue weighted by Gasteiger charge is 2.51. The molecular weight excluding hydrogens is 378 g/mol. The Hall–Kier alpha value is -2.63. The first-order valence-electron chi connectivity index (χ1n) is 11.1. The molecule has 1 aromatic heterocycles. The molecule has 0 aliphatic heterocycles. The summed E-state index contributed by atoms with van der Waals surface area (Å²) in [7, 11) is 0. The van der Waals surface area contributed by atoms with Gasteiger partial charge in [0.15, 0.2) is 0 Å². The van der Waals surface area contributed by atoms with Crippen LogP contribution in [0.15, 0.2) is 40.1 Å². The third-order valence-corrected chi connectivity index (χ3v) is 7.59. The Morgan fingerprint density at radius 2 is 1.67 bits per heavy atom. The number of anilines is 1. The van der Waals surface area contributed by atoms with E-state index in [0.29, 0.717) is 11.0 Å². The minimum atomic E-state index is -0.488. The summed E-state index contributed by atoms with van der Waals surface area (Å²) >= 11 is 0. The highest BCUT2D eigenvalue weighted by molar-refractivity contribution is 5.90. The molecule has 1 aromatic carbocycles. The zero-order chi connectivity index (χ0) is 20.9. The number of carbonyl (C=O) groups excluding carboxylic acids is 1. The van der Waals surface area contributed by atoms with Crippen molar-refractivity contribution in [3.8, 4) is 0 Å². The second-order valence-corrected chi connectivity index (χ2v) is 9.84. The average Bonchev–Trinajstić information content (AvgIpc) is 2.69. The van der Waals surface area contributed by atoms with Crippen molar-refractivity contribution in [2.24, 2.45) is 17.8 Å². The van der Waals surface area contributed by atoms with Gasteiger partial charge in [-0.3, -0.25) is 19.1 Å². The van der Waals surface area contributed by atoms with Gasteiger partial charge in [0.05, 0.1) is 0 Å². The molecule has 1 amide bonds. The lowest BCUT2D eigenvalue weighted by Crippen LogP contribution is -2.48. The predicted molar refractivity (Wildman–Crippen MR) is 116 cm³/mol. The molecule has 0 saturated heterocycles. The molecule has 30 heavy (non-hydrogen) atoms. The topological polar surface area (TPSA) is 84.0 Å². The van der Waals surface area contributed by atoms with E-state index in [1.165, 1.54) is 54.9 Å². The summed E-state index contributed by atoms with van der Waals surface area (Å²) in [5, 5.41) is 2.93. The second-order valence-electron chi connectivity index (χ2n) is 9.84. The molecule has 0 radical (unpaired) electrons. The minimum absolute atomic E-state index is 0.145. The smallest absolute Gasteiger partial charge is 0.326 e. The van der Waals surface area contributed by atoms with Crippen LogP contribution in [0.3, 0.4) is 0 Å². The van der Waals surface area contributed by atoms with Crippen molar-refractivity contribution in [3.05, 3.63) is 62.4 Å². The molecule has 0 spiro atoms. The van der Waals surface area contributed by atoms with Crippen LogP contribution in [0.2, 0.25) is 0 Å². The number of aromatic amines is 1. The molecule has 4 aliphatic rings. The van der Waals surface area contributed by atoms with Gasteiger partial charge in [0.2, 0.25) is 5.91 Å². The lowest BCUT2D eigenvalue weighted by Gasteiger charge is -2.57. The van der Waals surface area contributed by atoms with Crippen LogP contribution in [0.25, 0.3) is 0 Å². The van der Waals surface area contributed by atoms with Crippen LogP contribution in [-0.4, -0.2) is 15.5 Å². The zero-order valence-electron chi connectivity index (χ0n) is 17.4. The molecule has 6 nitrogen and oxygen atoms in total. The summed E-state index contributed by atoms with van der Waals surface area (Å²) in [6.45, 7) is 1.87. The standard InChI is InChI=1S/C24H29N3O3/c1-15-14-27(23(30)26-22(15)29)7-6-21(28)25-20-4-2-19(3-5-20)24-11-16-8-17(12-24)10-18(9-16)13-24/h2-5,14,16-18H,6-13H2,1H3,(H,25,28)(H,26,29,30). The summed E-state index contributed by atoms with van der Waals surface area (Å²) < 4.78 is 1.37. The molecule has 2 N–H and O–H groups in total. The van der Waals surface area contributed by atoms with Crippen LogP contribution in [0.5, 0.6) is 0 Å². The van der Waals surface area contributed by atoms with Gasteiger partial charge in [-0.15, -0.1) is 0 Å². The van der Waals surface area contributed by atoms with Gasteiger partial charge in [-0.05, 0) is 86.3 Å². The van der Waals surface area contributed by atoms with E-state index in [0.717, 1.165) is 23.4 Å². The number of H-pyrrole nitrogens is 1. The number of carbonyl (C=O) groups is 1. The number of amides is 1. The van der Waals surface area contributed by atoms with Crippen LogP contribution < -0.4 is 16.6 Å². The van der Waals surface area contributed by atoms with Crippen molar-refractivity contribution in [1.82, 2.24) is 9.55 Å². The van der Waals surface area contributed by atoms with Gasteiger partial charge >= 0.3 is 5.69 Å². The fourth-order valence-corrected chi connectivity index (χ4v) is 6.60. The number of aryl methyl sites for hydroxylation is 2. The lowest BCUT2D eigenvalue weighted by atomic mass is 9.48.